The van der Waals surface area contributed by atoms with Crippen molar-refractivity contribution in [3.05, 3.63) is 0 Å². The molecule has 0 aliphatic heterocycles. The number of nitrogens with one attached hydrogen (secondary N) is 1. The van der Waals surface area contributed by atoms with E-state index < -0.39 is 17.8 Å². The highest BCUT2D eigenvalue weighted by Gasteiger charge is 2.10. The molecule has 58 valence electrons. The van der Waals surface area contributed by atoms with Gasteiger partial charge in [0.25, 0.3) is 0 Å². The monoisotopic (exact) mass is 163 g/mol. The molecule has 0 rings (SSSR count). The van der Waals surface area contributed by atoms with Crippen molar-refractivity contribution < 1.29 is 14.5 Å². The van der Waals surface area contributed by atoms with Crippen LogP contribution in [0.15, 0.2) is 0 Å². The Morgan fingerprint density at radius 2 is 2.10 bits per heavy atom. The highest BCUT2D eigenvalue weighted by atomic mass is 31.1. The first-order chi connectivity index (χ1) is 4.57. The Bertz CT molecular complexity index is 137. The summed E-state index contributed by atoms with van der Waals surface area (Å²) in [6.45, 7) is 2.93. The Kier molecular flexibility index (Phi) is 4.16. The summed E-state index contributed by atoms with van der Waals surface area (Å²) in [5.41, 5.74) is 0. The number of hydrogen-bond donors (Lipinski definition) is 2. The Morgan fingerprint density at radius 3 is 2.40 bits per heavy atom. The average molecular weight is 163 g/mol. The van der Waals surface area contributed by atoms with Crippen LogP contribution < -0.4 is 5.32 Å². The van der Waals surface area contributed by atoms with Gasteiger partial charge in [-0.15, -0.1) is 0 Å². The van der Waals surface area contributed by atoms with Gasteiger partial charge in [0.05, 0.1) is 0 Å². The lowest BCUT2D eigenvalue weighted by atomic mass is 10.4. The summed E-state index contributed by atoms with van der Waals surface area (Å²) in [6, 6.07) is 0. The van der Waals surface area contributed by atoms with Crippen LogP contribution in [0.5, 0.6) is 0 Å². The van der Waals surface area contributed by atoms with Gasteiger partial charge in [0.1, 0.15) is 11.9 Å². The molecule has 0 saturated heterocycles. The minimum atomic E-state index is -1.04. The molecule has 10 heavy (non-hydrogen) atoms. The molecular formula is C5H10NO3P. The van der Waals surface area contributed by atoms with E-state index in [9.17, 15) is 9.36 Å². The van der Waals surface area contributed by atoms with E-state index in [1.165, 1.54) is 6.92 Å². The molecule has 0 spiro atoms. The van der Waals surface area contributed by atoms with Gasteiger partial charge in [0.2, 0.25) is 5.91 Å². The minimum absolute atomic E-state index is 0.149. The lowest BCUT2D eigenvalue weighted by Crippen LogP contribution is -2.36. The largest absolute Gasteiger partial charge is 0.384 e. The second-order valence-electron chi connectivity index (χ2n) is 1.97. The molecule has 1 amide bonds. The lowest BCUT2D eigenvalue weighted by molar-refractivity contribution is -0.128. The summed E-state index contributed by atoms with van der Waals surface area (Å²) in [6.07, 6.45) is -1.04. The van der Waals surface area contributed by atoms with E-state index in [1.54, 1.807) is 6.92 Å². The van der Waals surface area contributed by atoms with Gasteiger partial charge in [0, 0.05) is 0 Å². The summed E-state index contributed by atoms with van der Waals surface area (Å²) in [4.78, 5) is 10.6. The molecule has 2 N–H and O–H groups in total. The van der Waals surface area contributed by atoms with Gasteiger partial charge < -0.3 is 10.4 Å². The van der Waals surface area contributed by atoms with Crippen LogP contribution >= 0.6 is 8.46 Å². The Morgan fingerprint density at radius 1 is 1.60 bits per heavy atom. The normalized spacial score (nSPS) is 16.3. The quantitative estimate of drug-likeness (QED) is 0.581. The zero-order valence-corrected chi connectivity index (χ0v) is 6.76. The van der Waals surface area contributed by atoms with Crippen LogP contribution in [-0.2, 0) is 9.36 Å². The van der Waals surface area contributed by atoms with Crippen molar-refractivity contribution in [2.75, 3.05) is 0 Å². The predicted octanol–water partition coefficient (Wildman–Crippen LogP) is 0.121. The molecule has 0 bridgehead atoms. The summed E-state index contributed by atoms with van der Waals surface area (Å²) >= 11 is 0. The number of carbonyl (C=O) groups is 1. The molecule has 0 aliphatic rings. The number of hydrogen-bond acceptors (Lipinski definition) is 3. The molecule has 0 heterocycles. The van der Waals surface area contributed by atoms with E-state index in [4.69, 9.17) is 5.11 Å². The maximum atomic E-state index is 10.6. The highest BCUT2D eigenvalue weighted by molar-refractivity contribution is 7.24. The van der Waals surface area contributed by atoms with E-state index in [2.05, 4.69) is 5.32 Å². The van der Waals surface area contributed by atoms with Gasteiger partial charge in [-0.2, -0.15) is 0 Å². The van der Waals surface area contributed by atoms with E-state index in [-0.39, 0.29) is 8.46 Å². The fourth-order valence-electron chi connectivity index (χ4n) is 0.353. The van der Waals surface area contributed by atoms with E-state index in [1.807, 2.05) is 0 Å². The Balaban J connectivity index is 3.68. The van der Waals surface area contributed by atoms with Gasteiger partial charge in [-0.3, -0.25) is 9.36 Å². The predicted molar refractivity (Wildman–Crippen MR) is 36.9 cm³/mol. The van der Waals surface area contributed by atoms with Crippen molar-refractivity contribution in [2.45, 2.75) is 25.7 Å². The summed E-state index contributed by atoms with van der Waals surface area (Å²) in [5, 5.41) is 11.0. The molecule has 0 radical (unpaired) electrons. The third kappa shape index (κ3) is 3.54. The SMILES string of the molecule is CC(NC(=O)C(C)O)P=O. The zero-order chi connectivity index (χ0) is 8.15. The number of aliphatic hydroxyl groups is 1. The van der Waals surface area contributed by atoms with Crippen LogP contribution in [-0.4, -0.2) is 22.9 Å². The fourth-order valence-corrected chi connectivity index (χ4v) is 0.533. The van der Waals surface area contributed by atoms with Crippen LogP contribution in [0, 0.1) is 0 Å². The van der Waals surface area contributed by atoms with E-state index in [0.717, 1.165) is 0 Å². The molecule has 0 fully saturated rings. The molecule has 0 aromatic rings. The first-order valence-electron chi connectivity index (χ1n) is 2.89. The second kappa shape index (κ2) is 4.36. The number of aliphatic hydroxyl groups excluding tert-OH is 1. The maximum Gasteiger partial charge on any atom is 0.249 e. The molecule has 0 saturated carbocycles. The van der Waals surface area contributed by atoms with Crippen molar-refractivity contribution in [1.29, 1.82) is 0 Å². The second-order valence-corrected chi connectivity index (χ2v) is 2.95. The van der Waals surface area contributed by atoms with Crippen LogP contribution in [0.25, 0.3) is 0 Å². The molecule has 4 nitrogen and oxygen atoms in total. The molecule has 2 unspecified atom stereocenters. The smallest absolute Gasteiger partial charge is 0.249 e. The molecule has 0 aromatic carbocycles. The maximum absolute atomic E-state index is 10.6. The van der Waals surface area contributed by atoms with Crippen molar-refractivity contribution in [1.82, 2.24) is 5.32 Å². The van der Waals surface area contributed by atoms with E-state index in [0.29, 0.717) is 0 Å². The topological polar surface area (TPSA) is 66.4 Å². The van der Waals surface area contributed by atoms with E-state index >= 15 is 0 Å². The lowest BCUT2D eigenvalue weighted by Gasteiger charge is -2.07. The standard InChI is InChI=1S/C5H10NO3P/c1-3(7)5(8)6-4(2)10-9/h3-4,7H,1-2H3,(H,6,8). The van der Waals surface area contributed by atoms with Gasteiger partial charge in [-0.05, 0) is 13.8 Å². The molecule has 2 atom stereocenters. The Hall–Kier alpha value is -0.470. The minimum Gasteiger partial charge on any atom is -0.384 e. The molecule has 0 aliphatic carbocycles. The molecule has 0 aromatic heterocycles. The number of carbonyl (C=O) groups excluding carboxylic acids is 1. The highest BCUT2D eigenvalue weighted by Crippen LogP contribution is 1.99. The van der Waals surface area contributed by atoms with Crippen LogP contribution in [0.2, 0.25) is 0 Å². The average Bonchev–Trinajstić information content (AvgIpc) is 1.87. The van der Waals surface area contributed by atoms with Gasteiger partial charge >= 0.3 is 0 Å². The van der Waals surface area contributed by atoms with Gasteiger partial charge in [-0.1, -0.05) is 0 Å². The van der Waals surface area contributed by atoms with Crippen molar-refractivity contribution >= 4 is 14.4 Å². The van der Waals surface area contributed by atoms with Crippen LogP contribution in [0.3, 0.4) is 0 Å². The number of amides is 1. The van der Waals surface area contributed by atoms with Crippen molar-refractivity contribution in [3.63, 3.8) is 0 Å². The summed E-state index contributed by atoms with van der Waals surface area (Å²) in [5.74, 6) is -0.932. The third-order valence-corrected chi connectivity index (χ3v) is 1.33. The third-order valence-electron chi connectivity index (χ3n) is 0.889. The van der Waals surface area contributed by atoms with Gasteiger partial charge in [0.15, 0.2) is 8.46 Å². The molecular weight excluding hydrogens is 153 g/mol. The first-order valence-corrected chi connectivity index (χ1v) is 3.77. The van der Waals surface area contributed by atoms with Crippen LogP contribution in [0.4, 0.5) is 0 Å². The zero-order valence-electron chi connectivity index (χ0n) is 5.87. The Labute approximate surface area is 60.8 Å². The van der Waals surface area contributed by atoms with Crippen molar-refractivity contribution in [2.24, 2.45) is 0 Å². The fraction of sp³-hybridized carbons (Fsp3) is 0.800. The number of rotatable bonds is 3. The van der Waals surface area contributed by atoms with Gasteiger partial charge in [-0.25, -0.2) is 0 Å². The summed E-state index contributed by atoms with van der Waals surface area (Å²) < 4.78 is 10.1. The first kappa shape index (κ1) is 9.53. The van der Waals surface area contributed by atoms with Crippen molar-refractivity contribution in [3.8, 4) is 0 Å². The molecule has 5 heteroatoms. The van der Waals surface area contributed by atoms with Crippen LogP contribution in [0.1, 0.15) is 13.8 Å². The summed E-state index contributed by atoms with van der Waals surface area (Å²) in [7, 11) is -0.149.